The molecule has 0 saturated carbocycles. The van der Waals surface area contributed by atoms with Crippen LogP contribution >= 0.6 is 0 Å². The first kappa shape index (κ1) is 9.06. The number of benzene rings is 1. The van der Waals surface area contributed by atoms with Crippen LogP contribution in [-0.4, -0.2) is 19.5 Å². The summed E-state index contributed by atoms with van der Waals surface area (Å²) in [6.45, 7) is 1.08. The highest BCUT2D eigenvalue weighted by atomic mass is 16.5. The summed E-state index contributed by atoms with van der Waals surface area (Å²) in [7, 11) is 1.68. The lowest BCUT2D eigenvalue weighted by Crippen LogP contribution is -2.70. The fourth-order valence-electron chi connectivity index (χ4n) is 1.57. The number of rotatable bonds is 2. The van der Waals surface area contributed by atoms with Crippen molar-refractivity contribution in [2.75, 3.05) is 19.0 Å². The number of nitrogens with one attached hydrogen (secondary N) is 2. The van der Waals surface area contributed by atoms with Crippen molar-refractivity contribution in [2.24, 2.45) is 0 Å². The Morgan fingerprint density at radius 1 is 1.43 bits per heavy atom. The Bertz CT molecular complexity index is 347. The van der Waals surface area contributed by atoms with Crippen LogP contribution in [0.1, 0.15) is 12.8 Å². The highest BCUT2D eigenvalue weighted by Gasteiger charge is 2.12. The van der Waals surface area contributed by atoms with Crippen LogP contribution in [0.5, 0.6) is 5.75 Å². The van der Waals surface area contributed by atoms with E-state index in [1.807, 2.05) is 24.3 Å². The third kappa shape index (κ3) is 2.05. The lowest BCUT2D eigenvalue weighted by atomic mass is 10.3. The van der Waals surface area contributed by atoms with E-state index in [0.29, 0.717) is 0 Å². The van der Waals surface area contributed by atoms with Crippen molar-refractivity contribution in [1.29, 1.82) is 0 Å². The third-order valence-corrected chi connectivity index (χ3v) is 2.31. The average molecular weight is 191 g/mol. The van der Waals surface area contributed by atoms with Crippen molar-refractivity contribution >= 4 is 11.5 Å². The summed E-state index contributed by atoms with van der Waals surface area (Å²) in [4.78, 5) is 3.31. The van der Waals surface area contributed by atoms with E-state index in [-0.39, 0.29) is 0 Å². The van der Waals surface area contributed by atoms with Crippen LogP contribution in [0.3, 0.4) is 0 Å². The molecule has 0 atom stereocenters. The Morgan fingerprint density at radius 2 is 2.36 bits per heavy atom. The van der Waals surface area contributed by atoms with Gasteiger partial charge in [0.1, 0.15) is 11.4 Å². The number of anilines is 1. The molecule has 0 aromatic heterocycles. The highest BCUT2D eigenvalue weighted by molar-refractivity contribution is 5.91. The summed E-state index contributed by atoms with van der Waals surface area (Å²) in [5, 5.41) is 3.34. The van der Waals surface area contributed by atoms with E-state index < -0.39 is 0 Å². The SMILES string of the molecule is COc1cccc(NC2=[NH+]CCC2)c1. The Hall–Kier alpha value is -1.51. The molecular formula is C11H15N2O+. The summed E-state index contributed by atoms with van der Waals surface area (Å²) >= 11 is 0. The zero-order valence-corrected chi connectivity index (χ0v) is 8.34. The highest BCUT2D eigenvalue weighted by Crippen LogP contribution is 2.16. The molecule has 0 bridgehead atoms. The van der Waals surface area contributed by atoms with Gasteiger partial charge in [-0.05, 0) is 18.6 Å². The van der Waals surface area contributed by atoms with E-state index in [0.717, 1.165) is 24.4 Å². The molecule has 3 heteroatoms. The maximum atomic E-state index is 5.15. The van der Waals surface area contributed by atoms with Crippen LogP contribution in [-0.2, 0) is 0 Å². The Labute approximate surface area is 83.8 Å². The van der Waals surface area contributed by atoms with Crippen molar-refractivity contribution in [3.63, 3.8) is 0 Å². The van der Waals surface area contributed by atoms with E-state index in [4.69, 9.17) is 4.74 Å². The van der Waals surface area contributed by atoms with E-state index in [2.05, 4.69) is 10.3 Å². The molecule has 2 rings (SSSR count). The fraction of sp³-hybridized carbons (Fsp3) is 0.364. The zero-order chi connectivity index (χ0) is 9.80. The van der Waals surface area contributed by atoms with Gasteiger partial charge < -0.3 is 4.74 Å². The molecule has 0 spiro atoms. The van der Waals surface area contributed by atoms with Crippen LogP contribution in [0.15, 0.2) is 24.3 Å². The number of hydrogen-bond acceptors (Lipinski definition) is 2. The summed E-state index contributed by atoms with van der Waals surface area (Å²) in [6, 6.07) is 7.96. The summed E-state index contributed by atoms with van der Waals surface area (Å²) < 4.78 is 5.15. The van der Waals surface area contributed by atoms with Crippen LogP contribution < -0.4 is 15.0 Å². The smallest absolute Gasteiger partial charge is 0.247 e. The predicted molar refractivity (Wildman–Crippen MR) is 56.7 cm³/mol. The fourth-order valence-corrected chi connectivity index (χ4v) is 1.57. The van der Waals surface area contributed by atoms with Gasteiger partial charge in [0.05, 0.1) is 20.1 Å². The Kier molecular flexibility index (Phi) is 2.68. The van der Waals surface area contributed by atoms with Crippen LogP contribution in [0.25, 0.3) is 0 Å². The second-order valence-electron chi connectivity index (χ2n) is 3.37. The first-order valence-corrected chi connectivity index (χ1v) is 4.89. The summed E-state index contributed by atoms with van der Waals surface area (Å²) in [5.74, 6) is 2.09. The first-order chi connectivity index (χ1) is 6.88. The molecule has 74 valence electrons. The van der Waals surface area contributed by atoms with Crippen molar-refractivity contribution < 1.29 is 9.73 Å². The van der Waals surface area contributed by atoms with Crippen LogP contribution in [0, 0.1) is 0 Å². The normalized spacial score (nSPS) is 15.1. The zero-order valence-electron chi connectivity index (χ0n) is 8.34. The quantitative estimate of drug-likeness (QED) is 0.709. The minimum Gasteiger partial charge on any atom is -0.497 e. The Balaban J connectivity index is 2.08. The Morgan fingerprint density at radius 3 is 3.07 bits per heavy atom. The molecule has 0 unspecified atom stereocenters. The van der Waals surface area contributed by atoms with Gasteiger partial charge in [0.15, 0.2) is 0 Å². The molecule has 2 N–H and O–H groups in total. The van der Waals surface area contributed by atoms with Gasteiger partial charge >= 0.3 is 0 Å². The molecule has 0 aliphatic carbocycles. The lowest BCUT2D eigenvalue weighted by molar-refractivity contribution is -0.447. The third-order valence-electron chi connectivity index (χ3n) is 2.31. The molecule has 0 fully saturated rings. The molecule has 3 nitrogen and oxygen atoms in total. The summed E-state index contributed by atoms with van der Waals surface area (Å²) in [5.41, 5.74) is 1.08. The maximum Gasteiger partial charge on any atom is 0.247 e. The molecular weight excluding hydrogens is 176 g/mol. The number of methoxy groups -OCH3 is 1. The number of amidine groups is 1. The van der Waals surface area contributed by atoms with E-state index in [1.165, 1.54) is 12.3 Å². The maximum absolute atomic E-state index is 5.15. The van der Waals surface area contributed by atoms with Crippen molar-refractivity contribution in [2.45, 2.75) is 12.8 Å². The molecule has 0 radical (unpaired) electrons. The topological polar surface area (TPSA) is 35.2 Å². The van der Waals surface area contributed by atoms with Gasteiger partial charge in [0.25, 0.3) is 0 Å². The standard InChI is InChI=1S/C11H14N2O/c1-14-10-5-2-4-9(8-10)13-11-6-3-7-12-11/h2,4-5,8H,3,6-7H2,1H3,(H,12,13)/p+1. The van der Waals surface area contributed by atoms with Crippen molar-refractivity contribution in [1.82, 2.24) is 0 Å². The molecule has 1 heterocycles. The van der Waals surface area contributed by atoms with Crippen LogP contribution in [0.2, 0.25) is 0 Å². The molecule has 1 aliphatic heterocycles. The lowest BCUT2D eigenvalue weighted by Gasteiger charge is -2.01. The average Bonchev–Trinajstić information content (AvgIpc) is 2.71. The van der Waals surface area contributed by atoms with Gasteiger partial charge in [-0.25, -0.2) is 5.32 Å². The van der Waals surface area contributed by atoms with Gasteiger partial charge in [-0.3, -0.25) is 4.99 Å². The second-order valence-corrected chi connectivity index (χ2v) is 3.37. The second kappa shape index (κ2) is 4.13. The van der Waals surface area contributed by atoms with Crippen molar-refractivity contribution in [3.8, 4) is 5.75 Å². The van der Waals surface area contributed by atoms with E-state index in [9.17, 15) is 0 Å². The largest absolute Gasteiger partial charge is 0.497 e. The molecule has 0 amide bonds. The minimum atomic E-state index is 0.883. The van der Waals surface area contributed by atoms with Gasteiger partial charge in [-0.2, -0.15) is 0 Å². The van der Waals surface area contributed by atoms with E-state index >= 15 is 0 Å². The van der Waals surface area contributed by atoms with Crippen LogP contribution in [0.4, 0.5) is 5.69 Å². The van der Waals surface area contributed by atoms with Gasteiger partial charge in [-0.1, -0.05) is 6.07 Å². The summed E-state index contributed by atoms with van der Waals surface area (Å²) in [6.07, 6.45) is 2.32. The van der Waals surface area contributed by atoms with Gasteiger partial charge in [0.2, 0.25) is 5.84 Å². The number of hydrogen-bond donors (Lipinski definition) is 2. The molecule has 14 heavy (non-hydrogen) atoms. The molecule has 1 aromatic carbocycles. The first-order valence-electron chi connectivity index (χ1n) is 4.89. The molecule has 0 saturated heterocycles. The monoisotopic (exact) mass is 191 g/mol. The van der Waals surface area contributed by atoms with Crippen molar-refractivity contribution in [3.05, 3.63) is 24.3 Å². The molecule has 1 aromatic rings. The van der Waals surface area contributed by atoms with E-state index in [1.54, 1.807) is 7.11 Å². The van der Waals surface area contributed by atoms with Gasteiger partial charge in [-0.15, -0.1) is 0 Å². The predicted octanol–water partition coefficient (Wildman–Crippen LogP) is 0.380. The van der Waals surface area contributed by atoms with Gasteiger partial charge in [0, 0.05) is 6.07 Å². The minimum absolute atomic E-state index is 0.883. The number of ether oxygens (including phenoxy) is 1. The molecule has 1 aliphatic rings.